The van der Waals surface area contributed by atoms with E-state index in [2.05, 4.69) is 27.7 Å². The first-order chi connectivity index (χ1) is 9.82. The first kappa shape index (κ1) is 14.9. The Kier molecular flexibility index (Phi) is 3.57. The molecule has 2 aliphatic rings. The van der Waals surface area contributed by atoms with Gasteiger partial charge in [0.1, 0.15) is 5.75 Å². The van der Waals surface area contributed by atoms with Crippen LogP contribution >= 0.6 is 0 Å². The molecule has 1 aromatic rings. The summed E-state index contributed by atoms with van der Waals surface area (Å²) in [5, 5.41) is 10.2. The predicted octanol–water partition coefficient (Wildman–Crippen LogP) is 2.96. The normalized spacial score (nSPS) is 23.7. The monoisotopic (exact) mass is 288 g/mol. The lowest BCUT2D eigenvalue weighted by Gasteiger charge is -2.32. The molecular weight excluding hydrogens is 263 g/mol. The number of fused-ring (bicyclic) bond motifs is 1. The minimum atomic E-state index is -0.331. The molecule has 0 unspecified atom stereocenters. The highest BCUT2D eigenvalue weighted by molar-refractivity contribution is 6.62. The van der Waals surface area contributed by atoms with Gasteiger partial charge >= 0.3 is 7.12 Å². The van der Waals surface area contributed by atoms with Crippen molar-refractivity contribution in [3.8, 4) is 5.75 Å². The highest BCUT2D eigenvalue weighted by Crippen LogP contribution is 2.37. The van der Waals surface area contributed by atoms with E-state index in [9.17, 15) is 5.11 Å². The van der Waals surface area contributed by atoms with E-state index in [1.165, 1.54) is 18.4 Å². The minimum Gasteiger partial charge on any atom is -0.508 e. The van der Waals surface area contributed by atoms with Gasteiger partial charge in [-0.25, -0.2) is 0 Å². The van der Waals surface area contributed by atoms with Crippen LogP contribution in [-0.4, -0.2) is 23.4 Å². The van der Waals surface area contributed by atoms with Gasteiger partial charge in [0, 0.05) is 0 Å². The third-order valence-electron chi connectivity index (χ3n) is 5.30. The summed E-state index contributed by atoms with van der Waals surface area (Å²) in [4.78, 5) is 0. The number of hydrogen-bond acceptors (Lipinski definition) is 3. The summed E-state index contributed by atoms with van der Waals surface area (Å²) in [5.41, 5.74) is 2.79. The van der Waals surface area contributed by atoms with E-state index >= 15 is 0 Å². The van der Waals surface area contributed by atoms with Gasteiger partial charge in [-0.3, -0.25) is 0 Å². The molecule has 4 heteroatoms. The molecule has 0 atom stereocenters. The fraction of sp³-hybridized carbons (Fsp3) is 0.647. The van der Waals surface area contributed by atoms with Crippen LogP contribution in [0.15, 0.2) is 12.1 Å². The molecule has 1 saturated heterocycles. The second kappa shape index (κ2) is 5.03. The maximum absolute atomic E-state index is 10.2. The third-order valence-corrected chi connectivity index (χ3v) is 5.30. The topological polar surface area (TPSA) is 38.7 Å². The minimum absolute atomic E-state index is 0.326. The predicted molar refractivity (Wildman–Crippen MR) is 85.1 cm³/mol. The van der Waals surface area contributed by atoms with Gasteiger partial charge in [-0.2, -0.15) is 0 Å². The van der Waals surface area contributed by atoms with Crippen molar-refractivity contribution in [2.24, 2.45) is 0 Å². The number of phenols is 1. The zero-order valence-electron chi connectivity index (χ0n) is 13.5. The fourth-order valence-electron chi connectivity index (χ4n) is 3.24. The average Bonchev–Trinajstić information content (AvgIpc) is 2.59. The quantitative estimate of drug-likeness (QED) is 0.638. The van der Waals surface area contributed by atoms with Crippen molar-refractivity contribution in [2.75, 3.05) is 0 Å². The molecule has 1 aliphatic heterocycles. The molecule has 1 heterocycles. The summed E-state index contributed by atoms with van der Waals surface area (Å²) >= 11 is 0. The summed E-state index contributed by atoms with van der Waals surface area (Å²) in [6, 6.07) is 3.77. The van der Waals surface area contributed by atoms with E-state index < -0.39 is 0 Å². The van der Waals surface area contributed by atoms with Gasteiger partial charge in [0.15, 0.2) is 0 Å². The third kappa shape index (κ3) is 2.49. The number of hydrogen-bond donors (Lipinski definition) is 1. The Balaban J connectivity index is 2.01. The number of aromatic hydroxyl groups is 1. The van der Waals surface area contributed by atoms with Gasteiger partial charge in [0.05, 0.1) is 11.2 Å². The largest absolute Gasteiger partial charge is 0.508 e. The Morgan fingerprint density at radius 2 is 1.48 bits per heavy atom. The van der Waals surface area contributed by atoms with Crippen LogP contribution in [0.4, 0.5) is 0 Å². The van der Waals surface area contributed by atoms with E-state index in [4.69, 9.17) is 9.31 Å². The molecule has 0 radical (unpaired) electrons. The molecule has 0 spiro atoms. The van der Waals surface area contributed by atoms with Crippen LogP contribution < -0.4 is 5.46 Å². The van der Waals surface area contributed by atoms with E-state index in [1.54, 1.807) is 6.07 Å². The molecule has 0 bridgehead atoms. The highest BCUT2D eigenvalue weighted by atomic mass is 16.7. The number of benzene rings is 1. The van der Waals surface area contributed by atoms with Gasteiger partial charge in [-0.05, 0) is 76.0 Å². The Morgan fingerprint density at radius 1 is 0.905 bits per heavy atom. The van der Waals surface area contributed by atoms with Gasteiger partial charge < -0.3 is 14.4 Å². The van der Waals surface area contributed by atoms with Gasteiger partial charge in [0.25, 0.3) is 0 Å². The van der Waals surface area contributed by atoms with Crippen molar-refractivity contribution in [1.82, 2.24) is 0 Å². The number of rotatable bonds is 1. The average molecular weight is 288 g/mol. The van der Waals surface area contributed by atoms with E-state index in [1.807, 2.05) is 6.07 Å². The standard InChI is InChI=1S/C17H25BO3/c1-16(2)17(3,4)21-18(20-16)14-10-11-15(19)13-9-7-5-6-8-12(13)14/h10-11,19H,5-9H2,1-4H3. The van der Waals surface area contributed by atoms with Crippen LogP contribution in [0.1, 0.15) is 58.1 Å². The van der Waals surface area contributed by atoms with E-state index in [0.29, 0.717) is 5.75 Å². The zero-order valence-corrected chi connectivity index (χ0v) is 13.5. The SMILES string of the molecule is CC1(C)OB(c2ccc(O)c3c2CCCCC3)OC1(C)C. The second-order valence-corrected chi connectivity index (χ2v) is 7.28. The summed E-state index contributed by atoms with van der Waals surface area (Å²) in [5.74, 6) is 0.423. The summed E-state index contributed by atoms with van der Waals surface area (Å²) in [7, 11) is -0.331. The van der Waals surface area contributed by atoms with Crippen LogP contribution in [0.2, 0.25) is 0 Å². The Labute approximate surface area is 127 Å². The lowest BCUT2D eigenvalue weighted by atomic mass is 9.73. The Morgan fingerprint density at radius 3 is 2.10 bits per heavy atom. The molecule has 1 fully saturated rings. The summed E-state index contributed by atoms with van der Waals surface area (Å²) < 4.78 is 12.4. The van der Waals surface area contributed by atoms with Gasteiger partial charge in [-0.15, -0.1) is 0 Å². The first-order valence-corrected chi connectivity index (χ1v) is 8.01. The molecule has 3 nitrogen and oxygen atoms in total. The van der Waals surface area contributed by atoms with Gasteiger partial charge in [0.2, 0.25) is 0 Å². The molecule has 21 heavy (non-hydrogen) atoms. The zero-order chi connectivity index (χ0) is 15.3. The lowest BCUT2D eigenvalue weighted by molar-refractivity contribution is 0.00578. The molecule has 0 aromatic heterocycles. The number of phenolic OH excluding ortho intramolecular Hbond substituents is 1. The Bertz CT molecular complexity index is 535. The van der Waals surface area contributed by atoms with Crippen molar-refractivity contribution in [3.05, 3.63) is 23.3 Å². The smallest absolute Gasteiger partial charge is 0.495 e. The van der Waals surface area contributed by atoms with Crippen molar-refractivity contribution >= 4 is 12.6 Å². The summed E-state index contributed by atoms with van der Waals surface area (Å²) in [6.07, 6.45) is 5.49. The van der Waals surface area contributed by atoms with Crippen molar-refractivity contribution < 1.29 is 14.4 Å². The highest BCUT2D eigenvalue weighted by Gasteiger charge is 2.52. The Hall–Kier alpha value is -0.995. The van der Waals surface area contributed by atoms with Crippen LogP contribution in [0.25, 0.3) is 0 Å². The maximum Gasteiger partial charge on any atom is 0.495 e. The second-order valence-electron chi connectivity index (χ2n) is 7.28. The van der Waals surface area contributed by atoms with Crippen molar-refractivity contribution in [3.63, 3.8) is 0 Å². The first-order valence-electron chi connectivity index (χ1n) is 8.01. The molecular formula is C17H25BO3. The molecule has 1 N–H and O–H groups in total. The van der Waals surface area contributed by atoms with Crippen LogP contribution in [0.3, 0.4) is 0 Å². The van der Waals surface area contributed by atoms with E-state index in [-0.39, 0.29) is 18.3 Å². The lowest BCUT2D eigenvalue weighted by Crippen LogP contribution is -2.41. The van der Waals surface area contributed by atoms with Gasteiger partial charge in [-0.1, -0.05) is 12.5 Å². The molecule has 3 rings (SSSR count). The molecule has 0 amide bonds. The van der Waals surface area contributed by atoms with Crippen molar-refractivity contribution in [2.45, 2.75) is 71.0 Å². The molecule has 0 saturated carbocycles. The molecule has 114 valence electrons. The van der Waals surface area contributed by atoms with Crippen LogP contribution in [0, 0.1) is 0 Å². The fourth-order valence-corrected chi connectivity index (χ4v) is 3.24. The molecule has 1 aromatic carbocycles. The molecule has 1 aliphatic carbocycles. The van der Waals surface area contributed by atoms with E-state index in [0.717, 1.165) is 30.3 Å². The van der Waals surface area contributed by atoms with Crippen LogP contribution in [-0.2, 0) is 22.2 Å². The summed E-state index contributed by atoms with van der Waals surface area (Å²) in [6.45, 7) is 8.30. The van der Waals surface area contributed by atoms with Crippen LogP contribution in [0.5, 0.6) is 5.75 Å². The maximum atomic E-state index is 10.2. The van der Waals surface area contributed by atoms with Crippen molar-refractivity contribution in [1.29, 1.82) is 0 Å².